The molecule has 2 aliphatic heterocycles. The number of anilines is 1. The highest BCUT2D eigenvalue weighted by Crippen LogP contribution is 2.38. The highest BCUT2D eigenvalue weighted by Gasteiger charge is 2.45. The quantitative estimate of drug-likeness (QED) is 0.671. The molecular formula is C23H26N2O3S. The maximum atomic E-state index is 13.2. The first-order chi connectivity index (χ1) is 14.1. The van der Waals surface area contributed by atoms with E-state index in [2.05, 4.69) is 19.1 Å². The van der Waals surface area contributed by atoms with Crippen LogP contribution in [0.2, 0.25) is 0 Å². The summed E-state index contributed by atoms with van der Waals surface area (Å²) in [5.74, 6) is 1.42. The molecule has 0 aromatic heterocycles. The molecule has 4 rings (SSSR count). The van der Waals surface area contributed by atoms with Gasteiger partial charge in [-0.3, -0.25) is 9.69 Å². The van der Waals surface area contributed by atoms with E-state index in [-0.39, 0.29) is 11.9 Å². The van der Waals surface area contributed by atoms with Crippen molar-refractivity contribution in [3.8, 4) is 11.5 Å². The minimum Gasteiger partial charge on any atom is -0.493 e. The Balaban J connectivity index is 1.60. The second-order valence-corrected chi connectivity index (χ2v) is 7.92. The molecule has 0 bridgehead atoms. The average molecular weight is 411 g/mol. The van der Waals surface area contributed by atoms with Crippen molar-refractivity contribution in [1.29, 1.82) is 0 Å². The van der Waals surface area contributed by atoms with Crippen molar-refractivity contribution in [3.05, 3.63) is 53.1 Å². The van der Waals surface area contributed by atoms with Gasteiger partial charge in [0, 0.05) is 13.0 Å². The molecule has 2 aromatic rings. The van der Waals surface area contributed by atoms with Crippen molar-refractivity contribution < 1.29 is 14.3 Å². The van der Waals surface area contributed by atoms with Gasteiger partial charge in [0.1, 0.15) is 6.04 Å². The number of carbonyl (C=O) groups is 1. The van der Waals surface area contributed by atoms with Crippen LogP contribution in [-0.4, -0.2) is 36.2 Å². The second-order valence-electron chi connectivity index (χ2n) is 7.55. The van der Waals surface area contributed by atoms with Crippen LogP contribution in [0.5, 0.6) is 11.5 Å². The zero-order valence-corrected chi connectivity index (χ0v) is 17.9. The summed E-state index contributed by atoms with van der Waals surface area (Å²) in [7, 11) is 3.26. The predicted octanol–water partition coefficient (Wildman–Crippen LogP) is 4.10. The molecule has 2 aromatic carbocycles. The van der Waals surface area contributed by atoms with E-state index < -0.39 is 0 Å². The largest absolute Gasteiger partial charge is 0.493 e. The van der Waals surface area contributed by atoms with Gasteiger partial charge >= 0.3 is 0 Å². The number of fused-ring (bicyclic) bond motifs is 2. The summed E-state index contributed by atoms with van der Waals surface area (Å²) in [6, 6.07) is 11.9. The number of rotatable bonds is 6. The van der Waals surface area contributed by atoms with Crippen LogP contribution >= 0.6 is 12.2 Å². The number of nitrogens with zero attached hydrogens (tertiary/aromatic N) is 2. The van der Waals surface area contributed by atoms with Crippen LogP contribution in [0, 0.1) is 0 Å². The molecule has 0 radical (unpaired) electrons. The Bertz CT molecular complexity index is 891. The number of hydrogen-bond acceptors (Lipinski definition) is 4. The minimum absolute atomic E-state index is 0.0387. The normalized spacial score (nSPS) is 18.0. The van der Waals surface area contributed by atoms with Gasteiger partial charge in [-0.15, -0.1) is 0 Å². The third-order valence-corrected chi connectivity index (χ3v) is 6.21. The first-order valence-electron chi connectivity index (χ1n) is 10.0. The Morgan fingerprint density at radius 3 is 2.34 bits per heavy atom. The summed E-state index contributed by atoms with van der Waals surface area (Å²) in [5.41, 5.74) is 4.36. The SMILES string of the molecule is CCCCc1ccc(N2C(=O)C3Cc4cc(OC)c(OC)cc4CN3C2=S)cc1. The van der Waals surface area contributed by atoms with E-state index in [0.717, 1.165) is 23.2 Å². The Hall–Kier alpha value is -2.60. The lowest BCUT2D eigenvalue weighted by Gasteiger charge is -2.31. The fourth-order valence-corrected chi connectivity index (χ4v) is 4.52. The smallest absolute Gasteiger partial charge is 0.256 e. The van der Waals surface area contributed by atoms with Gasteiger partial charge in [-0.1, -0.05) is 25.5 Å². The third kappa shape index (κ3) is 3.46. The van der Waals surface area contributed by atoms with Gasteiger partial charge < -0.3 is 14.4 Å². The standard InChI is InChI=1S/C23H26N2O3S/c1-4-5-6-15-7-9-18(10-8-15)25-22(26)19-11-16-12-20(27-2)21(28-3)13-17(16)14-24(19)23(25)29/h7-10,12-13,19H,4-6,11,14H2,1-3H3. The lowest BCUT2D eigenvalue weighted by atomic mass is 9.94. The molecule has 29 heavy (non-hydrogen) atoms. The maximum Gasteiger partial charge on any atom is 0.256 e. The van der Waals surface area contributed by atoms with E-state index in [1.54, 1.807) is 19.1 Å². The lowest BCUT2D eigenvalue weighted by molar-refractivity contribution is -0.119. The topological polar surface area (TPSA) is 42.0 Å². The molecule has 1 amide bonds. The molecule has 6 heteroatoms. The number of benzene rings is 2. The molecule has 0 spiro atoms. The Morgan fingerprint density at radius 2 is 1.72 bits per heavy atom. The molecule has 1 unspecified atom stereocenters. The summed E-state index contributed by atoms with van der Waals surface area (Å²) in [6.07, 6.45) is 4.01. The first kappa shape index (κ1) is 19.7. The number of thiocarbonyl (C=S) groups is 1. The van der Waals surface area contributed by atoms with Gasteiger partial charge in [-0.25, -0.2) is 0 Å². The first-order valence-corrected chi connectivity index (χ1v) is 10.5. The molecule has 0 saturated carbocycles. The summed E-state index contributed by atoms with van der Waals surface area (Å²) in [4.78, 5) is 16.9. The number of hydrogen-bond donors (Lipinski definition) is 0. The predicted molar refractivity (Wildman–Crippen MR) is 118 cm³/mol. The van der Waals surface area contributed by atoms with E-state index in [4.69, 9.17) is 21.7 Å². The van der Waals surface area contributed by atoms with Crippen LogP contribution in [0.4, 0.5) is 5.69 Å². The van der Waals surface area contributed by atoms with E-state index in [0.29, 0.717) is 29.6 Å². The van der Waals surface area contributed by atoms with Crippen LogP contribution in [0.15, 0.2) is 36.4 Å². The molecular weight excluding hydrogens is 384 g/mol. The molecule has 1 fully saturated rings. The van der Waals surface area contributed by atoms with Gasteiger partial charge in [-0.05, 0) is 66.0 Å². The summed E-state index contributed by atoms with van der Waals surface area (Å²) in [5, 5.41) is 0.571. The molecule has 5 nitrogen and oxygen atoms in total. The van der Waals surface area contributed by atoms with Gasteiger partial charge in [0.05, 0.1) is 19.9 Å². The zero-order valence-electron chi connectivity index (χ0n) is 17.1. The van der Waals surface area contributed by atoms with Crippen molar-refractivity contribution >= 4 is 28.9 Å². The van der Waals surface area contributed by atoms with Gasteiger partial charge in [0.2, 0.25) is 0 Å². The molecule has 2 heterocycles. The van der Waals surface area contributed by atoms with Crippen molar-refractivity contribution in [1.82, 2.24) is 4.90 Å². The molecule has 0 aliphatic carbocycles. The van der Waals surface area contributed by atoms with Crippen LogP contribution in [0.1, 0.15) is 36.5 Å². The highest BCUT2D eigenvalue weighted by atomic mass is 32.1. The van der Waals surface area contributed by atoms with E-state index in [9.17, 15) is 4.79 Å². The molecule has 0 N–H and O–H groups in total. The van der Waals surface area contributed by atoms with E-state index >= 15 is 0 Å². The highest BCUT2D eigenvalue weighted by molar-refractivity contribution is 7.80. The maximum absolute atomic E-state index is 13.2. The Labute approximate surface area is 177 Å². The van der Waals surface area contributed by atoms with Crippen LogP contribution < -0.4 is 14.4 Å². The number of methoxy groups -OCH3 is 2. The van der Waals surface area contributed by atoms with E-state index in [1.807, 2.05) is 29.2 Å². The minimum atomic E-state index is -0.270. The van der Waals surface area contributed by atoms with Crippen molar-refractivity contribution in [2.75, 3.05) is 19.1 Å². The van der Waals surface area contributed by atoms with Gasteiger partial charge in [-0.2, -0.15) is 0 Å². The fourth-order valence-electron chi connectivity index (χ4n) is 4.14. The summed E-state index contributed by atoms with van der Waals surface area (Å²) >= 11 is 5.71. The van der Waals surface area contributed by atoms with Crippen LogP contribution in [0.3, 0.4) is 0 Å². The molecule has 1 atom stereocenters. The van der Waals surface area contributed by atoms with E-state index in [1.165, 1.54) is 18.4 Å². The molecule has 2 aliphatic rings. The third-order valence-electron chi connectivity index (χ3n) is 5.79. The molecule has 152 valence electrons. The number of aryl methyl sites for hydroxylation is 1. The summed E-state index contributed by atoms with van der Waals surface area (Å²) in [6.45, 7) is 2.78. The van der Waals surface area contributed by atoms with Crippen molar-refractivity contribution in [2.24, 2.45) is 0 Å². The number of carbonyl (C=O) groups excluding carboxylic acids is 1. The number of amides is 1. The van der Waals surface area contributed by atoms with Gasteiger partial charge in [0.15, 0.2) is 16.6 Å². The average Bonchev–Trinajstić information content (AvgIpc) is 2.99. The van der Waals surface area contributed by atoms with Crippen molar-refractivity contribution in [3.63, 3.8) is 0 Å². The number of unbranched alkanes of at least 4 members (excludes halogenated alkanes) is 1. The lowest BCUT2D eigenvalue weighted by Crippen LogP contribution is -2.40. The van der Waals surface area contributed by atoms with Gasteiger partial charge in [0.25, 0.3) is 5.91 Å². The van der Waals surface area contributed by atoms with Crippen LogP contribution in [-0.2, 0) is 24.2 Å². The number of ether oxygens (including phenoxy) is 2. The Kier molecular flexibility index (Phi) is 5.46. The Morgan fingerprint density at radius 1 is 1.07 bits per heavy atom. The van der Waals surface area contributed by atoms with Crippen molar-refractivity contribution in [2.45, 2.75) is 45.2 Å². The second kappa shape index (κ2) is 8.03. The zero-order chi connectivity index (χ0) is 20.5. The fraction of sp³-hybridized carbons (Fsp3) is 0.391. The summed E-state index contributed by atoms with van der Waals surface area (Å²) < 4.78 is 10.9. The monoisotopic (exact) mass is 410 g/mol. The molecule has 1 saturated heterocycles. The van der Waals surface area contributed by atoms with Crippen LogP contribution in [0.25, 0.3) is 0 Å².